The number of fused-ring (bicyclic) bond motifs is 3. The highest BCUT2D eigenvalue weighted by molar-refractivity contribution is 5.99. The third kappa shape index (κ3) is 3.62. The number of rotatable bonds is 6. The Kier molecular flexibility index (Phi) is 4.99. The van der Waals surface area contributed by atoms with Crippen molar-refractivity contribution in [2.24, 2.45) is 7.05 Å². The van der Waals surface area contributed by atoms with Crippen LogP contribution < -0.4 is 0 Å². The maximum absolute atomic E-state index is 13.2. The predicted octanol–water partition coefficient (Wildman–Crippen LogP) is 3.07. The number of hydrogen-bond acceptors (Lipinski definition) is 3. The van der Waals surface area contributed by atoms with E-state index in [1.54, 1.807) is 18.0 Å². The third-order valence-electron chi connectivity index (χ3n) is 5.33. The average molecular weight is 366 g/mol. The summed E-state index contributed by atoms with van der Waals surface area (Å²) in [4.78, 5) is 18.6. The number of aromatic amines is 1. The lowest BCUT2D eigenvalue weighted by atomic mass is 9.95. The van der Waals surface area contributed by atoms with Crippen molar-refractivity contribution in [3.05, 3.63) is 53.0 Å². The largest absolute Gasteiger partial charge is 0.383 e. The molecule has 3 aromatic rings. The van der Waals surface area contributed by atoms with E-state index in [9.17, 15) is 4.79 Å². The van der Waals surface area contributed by atoms with Crippen LogP contribution in [0.3, 0.4) is 0 Å². The topological polar surface area (TPSA) is 63.1 Å². The summed E-state index contributed by atoms with van der Waals surface area (Å²) in [6, 6.07) is 6.02. The lowest BCUT2D eigenvalue weighted by Gasteiger charge is -2.22. The Bertz CT molecular complexity index is 956. The quantitative estimate of drug-likeness (QED) is 0.729. The number of hydrogen-bond donors (Lipinski definition) is 1. The van der Waals surface area contributed by atoms with Crippen molar-refractivity contribution >= 4 is 16.8 Å². The molecule has 1 N–H and O–H groups in total. The number of aromatic nitrogens is 3. The first-order chi connectivity index (χ1) is 13.2. The molecule has 1 aliphatic rings. The van der Waals surface area contributed by atoms with E-state index in [0.29, 0.717) is 19.7 Å². The van der Waals surface area contributed by atoms with Crippen LogP contribution in [-0.2, 0) is 31.2 Å². The zero-order chi connectivity index (χ0) is 18.8. The maximum Gasteiger partial charge on any atom is 0.254 e. The second-order valence-electron chi connectivity index (χ2n) is 7.29. The lowest BCUT2D eigenvalue weighted by molar-refractivity contribution is 0.0680. The number of aryl methyl sites for hydroxylation is 3. The molecule has 142 valence electrons. The molecule has 0 spiro atoms. The zero-order valence-electron chi connectivity index (χ0n) is 16.0. The van der Waals surface area contributed by atoms with Gasteiger partial charge in [-0.3, -0.25) is 9.48 Å². The number of carbonyl (C=O) groups excluding carboxylic acids is 1. The first kappa shape index (κ1) is 17.8. The van der Waals surface area contributed by atoms with E-state index in [-0.39, 0.29) is 5.91 Å². The molecule has 4 rings (SSSR count). The number of methoxy groups -OCH3 is 1. The summed E-state index contributed by atoms with van der Waals surface area (Å²) in [6.45, 7) is 1.58. The molecular formula is C21H26N4O2. The summed E-state index contributed by atoms with van der Waals surface area (Å²) in [5, 5.41) is 5.41. The van der Waals surface area contributed by atoms with Gasteiger partial charge in [0, 0.05) is 61.2 Å². The Morgan fingerprint density at radius 3 is 2.96 bits per heavy atom. The molecule has 0 radical (unpaired) electrons. The van der Waals surface area contributed by atoms with E-state index in [1.807, 2.05) is 30.3 Å². The Morgan fingerprint density at radius 1 is 1.33 bits per heavy atom. The second kappa shape index (κ2) is 7.56. The van der Waals surface area contributed by atoms with Gasteiger partial charge in [0.25, 0.3) is 5.91 Å². The van der Waals surface area contributed by atoms with Crippen molar-refractivity contribution in [3.8, 4) is 0 Å². The lowest BCUT2D eigenvalue weighted by Crippen LogP contribution is -2.33. The molecule has 0 saturated carbocycles. The van der Waals surface area contributed by atoms with Crippen LogP contribution in [0.15, 0.2) is 30.6 Å². The fourth-order valence-corrected chi connectivity index (χ4v) is 3.95. The van der Waals surface area contributed by atoms with Crippen molar-refractivity contribution in [3.63, 3.8) is 0 Å². The van der Waals surface area contributed by atoms with E-state index >= 15 is 0 Å². The molecular weight excluding hydrogens is 340 g/mol. The first-order valence-electron chi connectivity index (χ1n) is 9.55. The highest BCUT2D eigenvalue weighted by atomic mass is 16.5. The number of carbonyl (C=O) groups is 1. The van der Waals surface area contributed by atoms with Gasteiger partial charge in [-0.2, -0.15) is 5.10 Å². The van der Waals surface area contributed by atoms with Crippen LogP contribution in [0, 0.1) is 0 Å². The molecule has 1 aliphatic carbocycles. The zero-order valence-corrected chi connectivity index (χ0v) is 16.0. The normalized spacial score (nSPS) is 13.7. The van der Waals surface area contributed by atoms with Gasteiger partial charge in [-0.25, -0.2) is 0 Å². The Hall–Kier alpha value is -2.60. The van der Waals surface area contributed by atoms with Crippen LogP contribution >= 0.6 is 0 Å². The smallest absolute Gasteiger partial charge is 0.254 e. The highest BCUT2D eigenvalue weighted by Crippen LogP contribution is 2.30. The van der Waals surface area contributed by atoms with Gasteiger partial charge in [0.2, 0.25) is 0 Å². The van der Waals surface area contributed by atoms with Gasteiger partial charge in [-0.15, -0.1) is 0 Å². The monoisotopic (exact) mass is 366 g/mol. The number of benzene rings is 1. The fraction of sp³-hybridized carbons (Fsp3) is 0.429. The number of nitrogens with zero attached hydrogens (tertiary/aromatic N) is 3. The van der Waals surface area contributed by atoms with E-state index in [2.05, 4.69) is 16.1 Å². The van der Waals surface area contributed by atoms with E-state index in [1.165, 1.54) is 29.5 Å². The second-order valence-corrected chi connectivity index (χ2v) is 7.29. The van der Waals surface area contributed by atoms with Crippen molar-refractivity contribution in [2.75, 3.05) is 20.3 Å². The molecule has 6 heteroatoms. The van der Waals surface area contributed by atoms with Crippen LogP contribution in [0.1, 0.15) is 40.0 Å². The molecule has 2 aromatic heterocycles. The van der Waals surface area contributed by atoms with Crippen LogP contribution in [0.25, 0.3) is 10.9 Å². The van der Waals surface area contributed by atoms with E-state index in [0.717, 1.165) is 29.5 Å². The van der Waals surface area contributed by atoms with Gasteiger partial charge in [0.1, 0.15) is 0 Å². The van der Waals surface area contributed by atoms with Gasteiger partial charge < -0.3 is 14.6 Å². The van der Waals surface area contributed by atoms with Crippen LogP contribution in [0.5, 0.6) is 0 Å². The van der Waals surface area contributed by atoms with Crippen molar-refractivity contribution in [1.82, 2.24) is 19.7 Å². The number of ether oxygens (including phenoxy) is 1. The van der Waals surface area contributed by atoms with Crippen molar-refractivity contribution in [2.45, 2.75) is 32.2 Å². The van der Waals surface area contributed by atoms with Gasteiger partial charge in [0.15, 0.2) is 0 Å². The predicted molar refractivity (Wildman–Crippen MR) is 105 cm³/mol. The Labute approximate surface area is 159 Å². The Balaban J connectivity index is 1.63. The number of nitrogens with one attached hydrogen (secondary N) is 1. The molecule has 2 heterocycles. The summed E-state index contributed by atoms with van der Waals surface area (Å²) in [5.41, 5.74) is 5.61. The molecule has 1 amide bonds. The molecule has 0 fully saturated rings. The van der Waals surface area contributed by atoms with Crippen LogP contribution in [-0.4, -0.2) is 45.8 Å². The van der Waals surface area contributed by atoms with E-state index < -0.39 is 0 Å². The first-order valence-corrected chi connectivity index (χ1v) is 9.55. The molecule has 27 heavy (non-hydrogen) atoms. The maximum atomic E-state index is 13.2. The van der Waals surface area contributed by atoms with Gasteiger partial charge >= 0.3 is 0 Å². The van der Waals surface area contributed by atoms with Gasteiger partial charge in [-0.1, -0.05) is 0 Å². The third-order valence-corrected chi connectivity index (χ3v) is 5.33. The molecule has 1 aromatic carbocycles. The number of amides is 1. The number of H-pyrrole nitrogens is 1. The van der Waals surface area contributed by atoms with Gasteiger partial charge in [-0.05, 0) is 49.4 Å². The highest BCUT2D eigenvalue weighted by Gasteiger charge is 2.20. The molecule has 0 unspecified atom stereocenters. The minimum atomic E-state index is 0.0311. The fourth-order valence-electron chi connectivity index (χ4n) is 3.95. The SMILES string of the molecule is COCCN(Cc1cnn(C)c1)C(=O)c1ccc2[nH]c3c(c2c1)CCCC3. The summed E-state index contributed by atoms with van der Waals surface area (Å²) in [7, 11) is 3.54. The minimum absolute atomic E-state index is 0.0311. The molecule has 6 nitrogen and oxygen atoms in total. The van der Waals surface area contributed by atoms with Crippen molar-refractivity contribution in [1.29, 1.82) is 0 Å². The summed E-state index contributed by atoms with van der Waals surface area (Å²) in [6.07, 6.45) is 8.41. The van der Waals surface area contributed by atoms with Crippen molar-refractivity contribution < 1.29 is 9.53 Å². The molecule has 0 atom stereocenters. The summed E-state index contributed by atoms with van der Waals surface area (Å²) in [5.74, 6) is 0.0311. The molecule has 0 bridgehead atoms. The van der Waals surface area contributed by atoms with Crippen LogP contribution in [0.4, 0.5) is 0 Å². The van der Waals surface area contributed by atoms with Crippen LogP contribution in [0.2, 0.25) is 0 Å². The van der Waals surface area contributed by atoms with E-state index in [4.69, 9.17) is 4.74 Å². The standard InChI is InChI=1S/C21H26N4O2/c1-24-13-15(12-22-24)14-25(9-10-27-2)21(26)16-7-8-20-18(11-16)17-5-3-4-6-19(17)23-20/h7-8,11-13,23H,3-6,9-10,14H2,1-2H3. The average Bonchev–Trinajstić information content (AvgIpc) is 3.27. The molecule has 0 aliphatic heterocycles. The summed E-state index contributed by atoms with van der Waals surface area (Å²) >= 11 is 0. The molecule has 0 saturated heterocycles. The Morgan fingerprint density at radius 2 is 2.19 bits per heavy atom. The minimum Gasteiger partial charge on any atom is -0.383 e. The van der Waals surface area contributed by atoms with Gasteiger partial charge in [0.05, 0.1) is 12.8 Å². The summed E-state index contributed by atoms with van der Waals surface area (Å²) < 4.78 is 6.97.